The molecule has 152 valence electrons. The van der Waals surface area contributed by atoms with Gasteiger partial charge in [-0.05, 0) is 72.3 Å². The Hall–Kier alpha value is -3.38. The molecule has 0 spiro atoms. The Bertz CT molecular complexity index is 1050. The van der Waals surface area contributed by atoms with E-state index in [-0.39, 0.29) is 0 Å². The zero-order valence-corrected chi connectivity index (χ0v) is 18.7. The van der Waals surface area contributed by atoms with Crippen LogP contribution in [-0.4, -0.2) is 0 Å². The molecule has 0 saturated carbocycles. The zero-order valence-electron chi connectivity index (χ0n) is 18.7. The Labute approximate surface area is 182 Å². The van der Waals surface area contributed by atoms with E-state index in [4.69, 9.17) is 0 Å². The second kappa shape index (κ2) is 11.0. The lowest BCUT2D eigenvalue weighted by Crippen LogP contribution is -2.00. The van der Waals surface area contributed by atoms with Gasteiger partial charge < -0.3 is 0 Å². The third kappa shape index (κ3) is 6.06. The number of benzene rings is 2. The van der Waals surface area contributed by atoms with Gasteiger partial charge in [0.15, 0.2) is 0 Å². The van der Waals surface area contributed by atoms with Gasteiger partial charge in [0.25, 0.3) is 0 Å². The summed E-state index contributed by atoms with van der Waals surface area (Å²) in [4.78, 5) is 0. The molecule has 0 heteroatoms. The Morgan fingerprint density at radius 1 is 0.833 bits per heavy atom. The molecule has 0 bridgehead atoms. The van der Waals surface area contributed by atoms with Crippen molar-refractivity contribution in [2.24, 2.45) is 0 Å². The highest BCUT2D eigenvalue weighted by atomic mass is 14.2. The van der Waals surface area contributed by atoms with E-state index < -0.39 is 0 Å². The van der Waals surface area contributed by atoms with E-state index in [0.717, 1.165) is 33.4 Å². The molecule has 0 heterocycles. The van der Waals surface area contributed by atoms with Gasteiger partial charge in [-0.3, -0.25) is 0 Å². The van der Waals surface area contributed by atoms with Crippen molar-refractivity contribution in [1.82, 2.24) is 0 Å². The standard InChI is InChI=1S/C30H32/c1-8-9-11-14-23(4)17-20-26(7)29(22(2)3)30(27-15-12-10-13-16-27)28-21-24(5)18-19-25(28)6/h8-21H,2,4,7H2,1,3,5-6H3/b9-8-,14-11-,20-17+,30-29+. The molecular formula is C30H32. The summed E-state index contributed by atoms with van der Waals surface area (Å²) in [6.07, 6.45) is 12.0. The van der Waals surface area contributed by atoms with E-state index in [1.165, 1.54) is 16.7 Å². The van der Waals surface area contributed by atoms with Crippen molar-refractivity contribution < 1.29 is 0 Å². The van der Waals surface area contributed by atoms with Crippen molar-refractivity contribution in [3.63, 3.8) is 0 Å². The van der Waals surface area contributed by atoms with Gasteiger partial charge in [0, 0.05) is 0 Å². The van der Waals surface area contributed by atoms with Crippen LogP contribution in [0.1, 0.15) is 36.1 Å². The number of hydrogen-bond acceptors (Lipinski definition) is 0. The highest BCUT2D eigenvalue weighted by Crippen LogP contribution is 2.36. The smallest absolute Gasteiger partial charge is 0.00278 e. The predicted molar refractivity (Wildman–Crippen MR) is 135 cm³/mol. The van der Waals surface area contributed by atoms with Crippen molar-refractivity contribution in [2.45, 2.75) is 27.7 Å². The van der Waals surface area contributed by atoms with Gasteiger partial charge >= 0.3 is 0 Å². The van der Waals surface area contributed by atoms with Crippen LogP contribution in [0.2, 0.25) is 0 Å². The fraction of sp³-hybridized carbons (Fsp3) is 0.133. The highest BCUT2D eigenvalue weighted by molar-refractivity contribution is 5.89. The van der Waals surface area contributed by atoms with Gasteiger partial charge in [0.2, 0.25) is 0 Å². The SMILES string of the molecule is C=C(/C=C\C=C/C)/C=C/C(=C)/C(C(=C)C)=C(\c1ccccc1)c1cc(C)ccc1C. The summed E-state index contributed by atoms with van der Waals surface area (Å²) in [5.74, 6) is 0. The average molecular weight is 393 g/mol. The maximum atomic E-state index is 4.38. The summed E-state index contributed by atoms with van der Waals surface area (Å²) in [7, 11) is 0. The lowest BCUT2D eigenvalue weighted by atomic mass is 9.84. The molecule has 0 aromatic heterocycles. The summed E-state index contributed by atoms with van der Waals surface area (Å²) in [5, 5.41) is 0. The lowest BCUT2D eigenvalue weighted by Gasteiger charge is -2.19. The Morgan fingerprint density at radius 3 is 2.17 bits per heavy atom. The molecule has 0 unspecified atom stereocenters. The first-order valence-electron chi connectivity index (χ1n) is 10.2. The first-order chi connectivity index (χ1) is 14.3. The van der Waals surface area contributed by atoms with Crippen LogP contribution in [-0.2, 0) is 0 Å². The molecule has 0 atom stereocenters. The Kier molecular flexibility index (Phi) is 8.38. The topological polar surface area (TPSA) is 0 Å². The van der Waals surface area contributed by atoms with Gasteiger partial charge in [-0.2, -0.15) is 0 Å². The largest absolute Gasteiger partial charge is 0.0955 e. The third-order valence-corrected chi connectivity index (χ3v) is 4.84. The molecule has 0 fully saturated rings. The zero-order chi connectivity index (χ0) is 22.1. The number of aryl methyl sites for hydroxylation is 2. The fourth-order valence-corrected chi connectivity index (χ4v) is 3.33. The minimum absolute atomic E-state index is 0.919. The van der Waals surface area contributed by atoms with Crippen LogP contribution in [0, 0.1) is 13.8 Å². The second-order valence-electron chi connectivity index (χ2n) is 7.53. The third-order valence-electron chi connectivity index (χ3n) is 4.84. The van der Waals surface area contributed by atoms with Gasteiger partial charge in [-0.15, -0.1) is 0 Å². The van der Waals surface area contributed by atoms with Crippen molar-refractivity contribution in [3.05, 3.63) is 149 Å². The molecule has 0 aliphatic rings. The molecule has 0 radical (unpaired) electrons. The van der Waals surface area contributed by atoms with E-state index in [0.29, 0.717) is 0 Å². The first-order valence-corrected chi connectivity index (χ1v) is 10.2. The summed E-state index contributed by atoms with van der Waals surface area (Å²) < 4.78 is 0. The van der Waals surface area contributed by atoms with Gasteiger partial charge in [0.05, 0.1) is 0 Å². The minimum Gasteiger partial charge on any atom is -0.0955 e. The van der Waals surface area contributed by atoms with Gasteiger partial charge in [-0.1, -0.05) is 110 Å². The van der Waals surface area contributed by atoms with E-state index in [2.05, 4.69) is 76.0 Å². The van der Waals surface area contributed by atoms with Gasteiger partial charge in [-0.25, -0.2) is 0 Å². The summed E-state index contributed by atoms with van der Waals surface area (Å²) in [6, 6.07) is 17.1. The van der Waals surface area contributed by atoms with E-state index in [1.54, 1.807) is 0 Å². The number of allylic oxidation sites excluding steroid dienone is 10. The second-order valence-corrected chi connectivity index (χ2v) is 7.53. The van der Waals surface area contributed by atoms with Crippen LogP contribution in [0.3, 0.4) is 0 Å². The summed E-state index contributed by atoms with van der Waals surface area (Å²) in [5.41, 5.74) is 9.88. The van der Waals surface area contributed by atoms with Crippen molar-refractivity contribution in [2.75, 3.05) is 0 Å². The Balaban J connectivity index is 2.66. The molecule has 0 amide bonds. The average Bonchev–Trinajstić information content (AvgIpc) is 2.72. The van der Waals surface area contributed by atoms with Crippen LogP contribution in [0.5, 0.6) is 0 Å². The summed E-state index contributed by atoms with van der Waals surface area (Å²) in [6.45, 7) is 21.1. The quantitative estimate of drug-likeness (QED) is 0.395. The van der Waals surface area contributed by atoms with Crippen LogP contribution in [0.25, 0.3) is 5.57 Å². The molecule has 0 saturated heterocycles. The maximum Gasteiger partial charge on any atom is -0.00278 e. The van der Waals surface area contributed by atoms with Crippen LogP contribution < -0.4 is 0 Å². The van der Waals surface area contributed by atoms with E-state index >= 15 is 0 Å². The Morgan fingerprint density at radius 2 is 1.53 bits per heavy atom. The van der Waals surface area contributed by atoms with Crippen LogP contribution >= 0.6 is 0 Å². The van der Waals surface area contributed by atoms with Crippen LogP contribution in [0.15, 0.2) is 127 Å². The normalized spacial score (nSPS) is 12.5. The minimum atomic E-state index is 0.919. The molecular weight excluding hydrogens is 360 g/mol. The maximum absolute atomic E-state index is 4.38. The molecule has 0 N–H and O–H groups in total. The van der Waals surface area contributed by atoms with Gasteiger partial charge in [0.1, 0.15) is 0 Å². The van der Waals surface area contributed by atoms with Crippen molar-refractivity contribution in [3.8, 4) is 0 Å². The monoisotopic (exact) mass is 392 g/mol. The fourth-order valence-electron chi connectivity index (χ4n) is 3.33. The summed E-state index contributed by atoms with van der Waals surface area (Å²) >= 11 is 0. The van der Waals surface area contributed by atoms with E-state index in [9.17, 15) is 0 Å². The molecule has 30 heavy (non-hydrogen) atoms. The van der Waals surface area contributed by atoms with Crippen molar-refractivity contribution >= 4 is 5.57 Å². The van der Waals surface area contributed by atoms with Crippen LogP contribution in [0.4, 0.5) is 0 Å². The van der Waals surface area contributed by atoms with Crippen molar-refractivity contribution in [1.29, 1.82) is 0 Å². The molecule has 0 aliphatic carbocycles. The molecule has 0 aliphatic heterocycles. The molecule has 2 rings (SSSR count). The first kappa shape index (κ1) is 22.9. The predicted octanol–water partition coefficient (Wildman–Crippen LogP) is 8.48. The molecule has 0 nitrogen and oxygen atoms in total. The number of hydrogen-bond donors (Lipinski definition) is 0. The molecule has 2 aromatic carbocycles. The number of rotatable bonds is 8. The lowest BCUT2D eigenvalue weighted by molar-refractivity contribution is 1.33. The highest BCUT2D eigenvalue weighted by Gasteiger charge is 2.16. The molecule has 2 aromatic rings. The van der Waals surface area contributed by atoms with E-state index in [1.807, 2.05) is 56.4 Å².